The number of carboxylic acids is 1. The maximum Gasteiger partial charge on any atom is 0.325 e. The van der Waals surface area contributed by atoms with Crippen LogP contribution in [0.4, 0.5) is 0 Å². The molecular weight excluding hydrogens is 318 g/mol. The number of benzene rings is 1. The first-order valence-electron chi connectivity index (χ1n) is 8.58. The van der Waals surface area contributed by atoms with Gasteiger partial charge >= 0.3 is 5.97 Å². The topological polar surface area (TPSA) is 78.6 Å². The molecule has 1 aromatic heterocycles. The van der Waals surface area contributed by atoms with Gasteiger partial charge in [-0.3, -0.25) is 14.4 Å². The smallest absolute Gasteiger partial charge is 0.325 e. The Kier molecular flexibility index (Phi) is 4.67. The van der Waals surface area contributed by atoms with Gasteiger partial charge in [0.2, 0.25) is 0 Å². The highest BCUT2D eigenvalue weighted by Gasteiger charge is 2.39. The number of aliphatic hydroxyl groups is 1. The average molecular weight is 343 g/mol. The largest absolute Gasteiger partial charge is 0.480 e. The lowest BCUT2D eigenvalue weighted by Gasteiger charge is -2.40. The highest BCUT2D eigenvalue weighted by atomic mass is 16.4. The fraction of sp³-hybridized carbons (Fsp3) is 0.474. The summed E-state index contributed by atoms with van der Waals surface area (Å²) in [6.07, 6.45) is 1.03. The van der Waals surface area contributed by atoms with E-state index >= 15 is 0 Å². The van der Waals surface area contributed by atoms with E-state index < -0.39 is 17.6 Å². The maximum absolute atomic E-state index is 12.0. The number of aromatic nitrogens is 2. The highest BCUT2D eigenvalue weighted by molar-refractivity contribution is 5.76. The van der Waals surface area contributed by atoms with E-state index in [0.717, 1.165) is 22.5 Å². The Bertz CT molecular complexity index is 762. The maximum atomic E-state index is 12.0. The summed E-state index contributed by atoms with van der Waals surface area (Å²) in [5, 5.41) is 25.2. The molecule has 1 fully saturated rings. The van der Waals surface area contributed by atoms with E-state index in [1.165, 1.54) is 0 Å². The van der Waals surface area contributed by atoms with Crippen LogP contribution in [0, 0.1) is 13.8 Å². The first-order valence-corrected chi connectivity index (χ1v) is 8.58. The lowest BCUT2D eigenvalue weighted by Crippen LogP contribution is -2.46. The van der Waals surface area contributed by atoms with Gasteiger partial charge in [-0.05, 0) is 32.3 Å². The number of piperidine rings is 1. The van der Waals surface area contributed by atoms with E-state index in [2.05, 4.69) is 5.10 Å². The van der Waals surface area contributed by atoms with Crippen LogP contribution in [0.2, 0.25) is 0 Å². The third kappa shape index (κ3) is 3.19. The summed E-state index contributed by atoms with van der Waals surface area (Å²) >= 11 is 0. The van der Waals surface area contributed by atoms with Crippen LogP contribution < -0.4 is 0 Å². The Labute approximate surface area is 147 Å². The summed E-state index contributed by atoms with van der Waals surface area (Å²) in [6.45, 7) is 4.80. The molecule has 0 unspecified atom stereocenters. The molecule has 1 atom stereocenters. The molecule has 2 aromatic rings. The fourth-order valence-electron chi connectivity index (χ4n) is 3.84. The predicted molar refractivity (Wildman–Crippen MR) is 94.2 cm³/mol. The molecule has 1 saturated heterocycles. The zero-order valence-corrected chi connectivity index (χ0v) is 14.9. The average Bonchev–Trinajstić information content (AvgIpc) is 2.84. The highest BCUT2D eigenvalue weighted by Crippen LogP contribution is 2.37. The van der Waals surface area contributed by atoms with Crippen molar-refractivity contribution in [3.63, 3.8) is 0 Å². The van der Waals surface area contributed by atoms with Gasteiger partial charge < -0.3 is 10.2 Å². The molecule has 2 N–H and O–H groups in total. The molecule has 0 bridgehead atoms. The van der Waals surface area contributed by atoms with Crippen LogP contribution in [0.25, 0.3) is 0 Å². The summed E-state index contributed by atoms with van der Waals surface area (Å²) in [4.78, 5) is 13.9. The van der Waals surface area contributed by atoms with Crippen LogP contribution in [0.1, 0.15) is 41.4 Å². The van der Waals surface area contributed by atoms with Gasteiger partial charge in [0.05, 0.1) is 11.3 Å². The van der Waals surface area contributed by atoms with Crippen LogP contribution in [0.15, 0.2) is 30.3 Å². The second-order valence-electron chi connectivity index (χ2n) is 6.88. The molecule has 0 aliphatic carbocycles. The molecule has 1 aliphatic rings. The number of hydrogen-bond donors (Lipinski definition) is 2. The van der Waals surface area contributed by atoms with Crippen LogP contribution in [0.5, 0.6) is 0 Å². The van der Waals surface area contributed by atoms with Gasteiger partial charge in [0.1, 0.15) is 6.04 Å². The van der Waals surface area contributed by atoms with Crippen molar-refractivity contribution in [1.82, 2.24) is 14.7 Å². The van der Waals surface area contributed by atoms with Gasteiger partial charge in [0, 0.05) is 31.4 Å². The standard InChI is InChI=1S/C19H25N3O3/c1-13-16(14(2)21(3)20-13)17(18(23)24)22-11-9-19(25,10-12-22)15-7-5-4-6-8-15/h4-8,17,25H,9-12H2,1-3H3,(H,23,24)/t17-/m0/s1. The summed E-state index contributed by atoms with van der Waals surface area (Å²) < 4.78 is 1.73. The zero-order chi connectivity index (χ0) is 18.2. The molecule has 0 radical (unpaired) electrons. The van der Waals surface area contributed by atoms with E-state index in [1.807, 2.05) is 56.1 Å². The van der Waals surface area contributed by atoms with Crippen molar-refractivity contribution in [3.8, 4) is 0 Å². The second kappa shape index (κ2) is 6.61. The number of aliphatic carboxylic acids is 1. The first-order chi connectivity index (χ1) is 11.8. The summed E-state index contributed by atoms with van der Waals surface area (Å²) in [5.74, 6) is -0.871. The number of carbonyl (C=O) groups is 1. The van der Waals surface area contributed by atoms with Crippen molar-refractivity contribution in [1.29, 1.82) is 0 Å². The summed E-state index contributed by atoms with van der Waals surface area (Å²) in [7, 11) is 1.83. The second-order valence-corrected chi connectivity index (χ2v) is 6.88. The number of hydrogen-bond acceptors (Lipinski definition) is 4. The van der Waals surface area contributed by atoms with E-state index in [4.69, 9.17) is 0 Å². The third-order valence-electron chi connectivity index (χ3n) is 5.37. The SMILES string of the molecule is Cc1nn(C)c(C)c1[C@@H](C(=O)O)N1CCC(O)(c2ccccc2)CC1. The molecule has 2 heterocycles. The van der Waals surface area contributed by atoms with Crippen LogP contribution in [0.3, 0.4) is 0 Å². The van der Waals surface area contributed by atoms with Crippen LogP contribution in [-0.4, -0.2) is 44.0 Å². The van der Waals surface area contributed by atoms with Gasteiger partial charge in [-0.2, -0.15) is 5.10 Å². The Balaban J connectivity index is 1.83. The van der Waals surface area contributed by atoms with Crippen molar-refractivity contribution >= 4 is 5.97 Å². The minimum absolute atomic E-state index is 0.513. The zero-order valence-electron chi connectivity index (χ0n) is 14.9. The van der Waals surface area contributed by atoms with Crippen molar-refractivity contribution in [2.24, 2.45) is 7.05 Å². The van der Waals surface area contributed by atoms with Gasteiger partial charge in [0.15, 0.2) is 0 Å². The molecule has 0 spiro atoms. The Morgan fingerprint density at radius 1 is 1.20 bits per heavy atom. The number of nitrogens with zero attached hydrogens (tertiary/aromatic N) is 3. The van der Waals surface area contributed by atoms with E-state index in [-0.39, 0.29) is 0 Å². The lowest BCUT2D eigenvalue weighted by atomic mass is 9.83. The molecule has 0 saturated carbocycles. The van der Waals surface area contributed by atoms with Gasteiger partial charge in [-0.15, -0.1) is 0 Å². The molecule has 134 valence electrons. The molecule has 1 aromatic carbocycles. The molecule has 0 amide bonds. The molecule has 25 heavy (non-hydrogen) atoms. The molecule has 6 nitrogen and oxygen atoms in total. The van der Waals surface area contributed by atoms with Crippen LogP contribution >= 0.6 is 0 Å². The number of likely N-dealkylation sites (tertiary alicyclic amines) is 1. The number of rotatable bonds is 4. The number of carboxylic acid groups (broad SMARTS) is 1. The molecule has 3 rings (SSSR count). The molecule has 1 aliphatic heterocycles. The van der Waals surface area contributed by atoms with Crippen molar-refractivity contribution < 1.29 is 15.0 Å². The number of aryl methyl sites for hydroxylation is 2. The van der Waals surface area contributed by atoms with Crippen LogP contribution in [-0.2, 0) is 17.4 Å². The third-order valence-corrected chi connectivity index (χ3v) is 5.37. The van der Waals surface area contributed by atoms with Crippen molar-refractivity contribution in [2.45, 2.75) is 38.3 Å². The minimum Gasteiger partial charge on any atom is -0.480 e. The summed E-state index contributed by atoms with van der Waals surface area (Å²) in [5.41, 5.74) is 2.39. The predicted octanol–water partition coefficient (Wildman–Crippen LogP) is 2.15. The van der Waals surface area contributed by atoms with E-state index in [9.17, 15) is 15.0 Å². The van der Waals surface area contributed by atoms with E-state index in [0.29, 0.717) is 25.9 Å². The fourth-order valence-corrected chi connectivity index (χ4v) is 3.84. The monoisotopic (exact) mass is 343 g/mol. The van der Waals surface area contributed by atoms with E-state index in [1.54, 1.807) is 4.68 Å². The Morgan fingerprint density at radius 2 is 1.80 bits per heavy atom. The normalized spacial score (nSPS) is 18.9. The molecule has 6 heteroatoms. The quantitative estimate of drug-likeness (QED) is 0.889. The Morgan fingerprint density at radius 3 is 2.28 bits per heavy atom. The first kappa shape index (κ1) is 17.6. The van der Waals surface area contributed by atoms with Crippen molar-refractivity contribution in [3.05, 3.63) is 52.8 Å². The van der Waals surface area contributed by atoms with Crippen molar-refractivity contribution in [2.75, 3.05) is 13.1 Å². The molecular formula is C19H25N3O3. The van der Waals surface area contributed by atoms with Gasteiger partial charge in [0.25, 0.3) is 0 Å². The van der Waals surface area contributed by atoms with Gasteiger partial charge in [-0.25, -0.2) is 0 Å². The lowest BCUT2D eigenvalue weighted by molar-refractivity contribution is -0.146. The Hall–Kier alpha value is -2.18. The minimum atomic E-state index is -0.889. The summed E-state index contributed by atoms with van der Waals surface area (Å²) in [6, 6.07) is 8.90. The van der Waals surface area contributed by atoms with Gasteiger partial charge in [-0.1, -0.05) is 30.3 Å².